The molecule has 1 unspecified atom stereocenters. The summed E-state index contributed by atoms with van der Waals surface area (Å²) in [6.07, 6.45) is 4.17. The summed E-state index contributed by atoms with van der Waals surface area (Å²) in [5.41, 5.74) is 1.96. The number of hydrogen-bond donors (Lipinski definition) is 1. The third kappa shape index (κ3) is 9.73. The number of halogens is 4. The predicted octanol–water partition coefficient (Wildman–Crippen LogP) is 7.54. The Hall–Kier alpha value is -2.71. The van der Waals surface area contributed by atoms with Crippen LogP contribution in [0.1, 0.15) is 55.6 Å². The van der Waals surface area contributed by atoms with E-state index in [1.807, 2.05) is 0 Å². The van der Waals surface area contributed by atoms with Gasteiger partial charge in [0.05, 0.1) is 13.0 Å². The van der Waals surface area contributed by atoms with Crippen LogP contribution in [0.4, 0.5) is 19.0 Å². The molecule has 1 saturated carbocycles. The monoisotopic (exact) mass is 578 g/mol. The first-order valence-electron chi connectivity index (χ1n) is 13.9. The summed E-state index contributed by atoms with van der Waals surface area (Å²) in [4.78, 5) is 9.28. The van der Waals surface area contributed by atoms with Gasteiger partial charge in [-0.15, -0.1) is 6.58 Å². The van der Waals surface area contributed by atoms with Gasteiger partial charge in [0.15, 0.2) is 0 Å². The van der Waals surface area contributed by atoms with E-state index in [-0.39, 0.29) is 5.56 Å². The van der Waals surface area contributed by atoms with Crippen molar-refractivity contribution in [2.75, 3.05) is 45.7 Å². The Bertz CT molecular complexity index is 1110. The number of pyridine rings is 1. The first-order chi connectivity index (χ1) is 19.0. The Morgan fingerprint density at radius 2 is 1.90 bits per heavy atom. The number of alkyl halides is 3. The molecule has 0 bridgehead atoms. The normalized spacial score (nSPS) is 16.6. The number of ether oxygens (including phenoxy) is 1. The number of methoxy groups -OCH3 is 1. The van der Waals surface area contributed by atoms with Gasteiger partial charge in [-0.25, -0.2) is 4.98 Å². The SMILES string of the molecule is C=C(NC1CC1)c1ccc(N2CCC(CCCN(C)C)CC2)nc1Cl.C=CC(c1cccc(OC)c1)C(F)(F)F. The second-order valence-corrected chi connectivity index (χ2v) is 11.2. The quantitative estimate of drug-likeness (QED) is 0.220. The molecule has 2 heterocycles. The molecule has 1 aliphatic heterocycles. The Kier molecular flexibility index (Phi) is 11.8. The lowest BCUT2D eigenvalue weighted by atomic mass is 9.92. The van der Waals surface area contributed by atoms with Crippen molar-refractivity contribution in [2.24, 2.45) is 5.92 Å². The van der Waals surface area contributed by atoms with Gasteiger partial charge < -0.3 is 19.9 Å². The molecular formula is C31H42ClF3N4O. The van der Waals surface area contributed by atoms with Gasteiger partial charge in [-0.3, -0.25) is 0 Å². The predicted molar refractivity (Wildman–Crippen MR) is 159 cm³/mol. The van der Waals surface area contributed by atoms with E-state index in [1.54, 1.807) is 6.07 Å². The fourth-order valence-corrected chi connectivity index (χ4v) is 5.08. The molecule has 9 heteroatoms. The van der Waals surface area contributed by atoms with E-state index in [0.29, 0.717) is 16.9 Å². The summed E-state index contributed by atoms with van der Waals surface area (Å²) in [6.45, 7) is 10.7. The lowest BCUT2D eigenvalue weighted by molar-refractivity contribution is -0.139. The van der Waals surface area contributed by atoms with Crippen molar-refractivity contribution in [3.05, 3.63) is 71.9 Å². The first-order valence-corrected chi connectivity index (χ1v) is 14.2. The zero-order valence-electron chi connectivity index (χ0n) is 23.8. The van der Waals surface area contributed by atoms with E-state index >= 15 is 0 Å². The Morgan fingerprint density at radius 3 is 2.45 bits per heavy atom. The number of nitrogens with zero attached hydrogens (tertiary/aromatic N) is 3. The van der Waals surface area contributed by atoms with E-state index in [9.17, 15) is 13.2 Å². The number of anilines is 1. The van der Waals surface area contributed by atoms with Gasteiger partial charge in [-0.2, -0.15) is 13.2 Å². The van der Waals surface area contributed by atoms with Gasteiger partial charge >= 0.3 is 6.18 Å². The zero-order valence-corrected chi connectivity index (χ0v) is 24.6. The average Bonchev–Trinajstić information content (AvgIpc) is 3.73. The molecule has 1 aromatic heterocycles. The standard InChI is InChI=1S/C20H31ClN4.C11H11F3O/c1-15(22-17-6-7-17)18-8-9-19(23-20(18)21)25-13-10-16(11-14-25)5-4-12-24(2)3;1-3-10(11(12,13)14)8-5-4-6-9(7-8)15-2/h8-9,16-17,22H,1,4-7,10-14H2,2-3H3;3-7,10H,1H2,2H3. The minimum absolute atomic E-state index is 0.136. The number of hydrogen-bond acceptors (Lipinski definition) is 5. The molecule has 0 amide bonds. The number of aromatic nitrogens is 1. The molecule has 1 aromatic carbocycles. The summed E-state index contributed by atoms with van der Waals surface area (Å²) >= 11 is 6.43. The summed E-state index contributed by atoms with van der Waals surface area (Å²) in [5, 5.41) is 3.97. The maximum atomic E-state index is 12.5. The Balaban J connectivity index is 0.000000252. The van der Waals surface area contributed by atoms with Crippen LogP contribution in [0.15, 0.2) is 55.6 Å². The van der Waals surface area contributed by atoms with Crippen LogP contribution in [0.25, 0.3) is 5.70 Å². The fourth-order valence-electron chi connectivity index (χ4n) is 4.82. The smallest absolute Gasteiger partial charge is 0.399 e. The van der Waals surface area contributed by atoms with Crippen molar-refractivity contribution in [2.45, 2.75) is 56.7 Å². The summed E-state index contributed by atoms with van der Waals surface area (Å²) in [7, 11) is 5.71. The highest BCUT2D eigenvalue weighted by Crippen LogP contribution is 2.36. The highest BCUT2D eigenvalue weighted by atomic mass is 35.5. The van der Waals surface area contributed by atoms with Gasteiger partial charge in [-0.1, -0.05) is 36.4 Å². The molecule has 1 atom stereocenters. The summed E-state index contributed by atoms with van der Waals surface area (Å²) in [6, 6.07) is 10.6. The first kappa shape index (κ1) is 31.8. The highest BCUT2D eigenvalue weighted by molar-refractivity contribution is 6.31. The number of allylic oxidation sites excluding steroid dienone is 1. The number of benzene rings is 1. The largest absolute Gasteiger partial charge is 0.497 e. The molecule has 1 N–H and O–H groups in total. The average molecular weight is 579 g/mol. The van der Waals surface area contributed by atoms with Crippen molar-refractivity contribution in [1.82, 2.24) is 15.2 Å². The van der Waals surface area contributed by atoms with Crippen molar-refractivity contribution in [3.63, 3.8) is 0 Å². The van der Waals surface area contributed by atoms with Gasteiger partial charge in [0.25, 0.3) is 0 Å². The minimum atomic E-state index is -4.31. The molecule has 1 aliphatic carbocycles. The molecule has 4 rings (SSSR count). The van der Waals surface area contributed by atoms with Crippen LogP contribution in [0.3, 0.4) is 0 Å². The van der Waals surface area contributed by atoms with Gasteiger partial charge in [0.2, 0.25) is 0 Å². The lowest BCUT2D eigenvalue weighted by Gasteiger charge is -2.33. The van der Waals surface area contributed by atoms with Crippen molar-refractivity contribution in [1.29, 1.82) is 0 Å². The second kappa shape index (κ2) is 14.8. The summed E-state index contributed by atoms with van der Waals surface area (Å²) < 4.78 is 42.4. The van der Waals surface area contributed by atoms with Crippen molar-refractivity contribution >= 4 is 23.1 Å². The molecule has 2 fully saturated rings. The van der Waals surface area contributed by atoms with Crippen molar-refractivity contribution < 1.29 is 17.9 Å². The molecule has 5 nitrogen and oxygen atoms in total. The molecular weight excluding hydrogens is 537 g/mol. The van der Waals surface area contributed by atoms with Crippen LogP contribution < -0.4 is 15.0 Å². The molecule has 40 heavy (non-hydrogen) atoms. The van der Waals surface area contributed by atoms with Crippen molar-refractivity contribution in [3.8, 4) is 5.75 Å². The minimum Gasteiger partial charge on any atom is -0.497 e. The van der Waals surface area contributed by atoms with Gasteiger partial charge in [-0.05, 0) is 94.9 Å². The second-order valence-electron chi connectivity index (χ2n) is 10.8. The third-order valence-corrected chi connectivity index (χ3v) is 7.60. The van der Waals surface area contributed by atoms with E-state index < -0.39 is 12.1 Å². The third-order valence-electron chi connectivity index (χ3n) is 7.31. The Morgan fingerprint density at radius 1 is 1.20 bits per heavy atom. The maximum absolute atomic E-state index is 12.5. The lowest BCUT2D eigenvalue weighted by Crippen LogP contribution is -2.34. The topological polar surface area (TPSA) is 40.6 Å². The molecule has 0 spiro atoms. The maximum Gasteiger partial charge on any atom is 0.399 e. The van der Waals surface area contributed by atoms with Crippen LogP contribution in [0, 0.1) is 5.92 Å². The van der Waals surface area contributed by atoms with Gasteiger partial charge in [0, 0.05) is 30.4 Å². The molecule has 2 aliphatic rings. The highest BCUT2D eigenvalue weighted by Gasteiger charge is 2.38. The molecule has 2 aromatic rings. The van der Waals surface area contributed by atoms with Crippen LogP contribution in [-0.2, 0) is 0 Å². The Labute approximate surface area is 242 Å². The molecule has 1 saturated heterocycles. The van der Waals surface area contributed by atoms with E-state index in [0.717, 1.165) is 42.2 Å². The van der Waals surface area contributed by atoms with Crippen LogP contribution in [0.5, 0.6) is 5.75 Å². The van der Waals surface area contributed by atoms with Gasteiger partial charge in [0.1, 0.15) is 16.7 Å². The van der Waals surface area contributed by atoms with Crippen LogP contribution in [0.2, 0.25) is 5.15 Å². The van der Waals surface area contributed by atoms with E-state index in [1.165, 1.54) is 70.4 Å². The number of rotatable bonds is 11. The van der Waals surface area contributed by atoms with E-state index in [2.05, 4.69) is 59.5 Å². The number of nitrogens with one attached hydrogen (secondary N) is 1. The molecule has 220 valence electrons. The molecule has 0 radical (unpaired) electrons. The summed E-state index contributed by atoms with van der Waals surface area (Å²) in [5.74, 6) is 0.615. The van der Waals surface area contributed by atoms with Crippen LogP contribution >= 0.6 is 11.6 Å². The fraction of sp³-hybridized carbons (Fsp3) is 0.516. The zero-order chi connectivity index (χ0) is 29.3. The number of piperidine rings is 1. The van der Waals surface area contributed by atoms with Crippen LogP contribution in [-0.4, -0.2) is 62.9 Å². The van der Waals surface area contributed by atoms with E-state index in [4.69, 9.17) is 16.3 Å².